The van der Waals surface area contributed by atoms with Crippen LogP contribution in [0.3, 0.4) is 0 Å². The Kier molecular flexibility index (Phi) is 6.77. The van der Waals surface area contributed by atoms with Crippen molar-refractivity contribution in [3.63, 3.8) is 0 Å². The van der Waals surface area contributed by atoms with Gasteiger partial charge in [0.05, 0.1) is 18.5 Å². The molecule has 9 nitrogen and oxygen atoms in total. The van der Waals surface area contributed by atoms with Gasteiger partial charge < -0.3 is 19.7 Å². The molecular formula is C26H25N5O4. The van der Waals surface area contributed by atoms with Gasteiger partial charge in [0.2, 0.25) is 5.88 Å². The number of amides is 1. The zero-order valence-corrected chi connectivity index (χ0v) is 19.6. The molecule has 0 bridgehead atoms. The van der Waals surface area contributed by atoms with Gasteiger partial charge in [-0.1, -0.05) is 42.5 Å². The number of aromatic hydroxyl groups is 1. The number of nitrogens with one attached hydrogen (secondary N) is 2. The Morgan fingerprint density at radius 1 is 1.17 bits per heavy atom. The maximum Gasteiger partial charge on any atom is 0.291 e. The van der Waals surface area contributed by atoms with Gasteiger partial charge in [-0.05, 0) is 30.7 Å². The maximum atomic E-state index is 12.9. The van der Waals surface area contributed by atoms with Gasteiger partial charge in [0.1, 0.15) is 5.39 Å². The molecule has 0 aliphatic heterocycles. The van der Waals surface area contributed by atoms with E-state index in [-0.39, 0.29) is 29.0 Å². The molecule has 0 saturated carbocycles. The van der Waals surface area contributed by atoms with Gasteiger partial charge in [0.15, 0.2) is 11.4 Å². The number of hydrogen-bond acceptors (Lipinski definition) is 7. The minimum Gasteiger partial charge on any atom is -0.505 e. The van der Waals surface area contributed by atoms with E-state index in [1.165, 1.54) is 6.21 Å². The summed E-state index contributed by atoms with van der Waals surface area (Å²) in [5.74, 6) is -1.09. The average molecular weight is 472 g/mol. The first-order chi connectivity index (χ1) is 16.9. The van der Waals surface area contributed by atoms with Crippen molar-refractivity contribution in [2.75, 3.05) is 25.6 Å². The first-order valence-corrected chi connectivity index (χ1v) is 11.0. The second-order valence-corrected chi connectivity index (χ2v) is 7.90. The van der Waals surface area contributed by atoms with E-state index in [1.54, 1.807) is 13.0 Å². The molecule has 2 aromatic heterocycles. The molecule has 0 fully saturated rings. The summed E-state index contributed by atoms with van der Waals surface area (Å²) in [4.78, 5) is 34.5. The molecule has 4 rings (SSSR count). The van der Waals surface area contributed by atoms with Crippen LogP contribution in [0.2, 0.25) is 0 Å². The smallest absolute Gasteiger partial charge is 0.291 e. The van der Waals surface area contributed by atoms with E-state index in [4.69, 9.17) is 4.74 Å². The number of nitrogens with zero attached hydrogens (tertiary/aromatic N) is 3. The normalized spacial score (nSPS) is 11.1. The molecule has 35 heavy (non-hydrogen) atoms. The zero-order valence-electron chi connectivity index (χ0n) is 19.6. The monoisotopic (exact) mass is 471 g/mol. The fraction of sp³-hybridized carbons (Fsp3) is 0.154. The number of rotatable bonds is 7. The highest BCUT2D eigenvalue weighted by molar-refractivity contribution is 6.03. The highest BCUT2D eigenvalue weighted by atomic mass is 16.5. The second kappa shape index (κ2) is 10.1. The fourth-order valence-corrected chi connectivity index (χ4v) is 3.54. The SMILES string of the molecule is CCOc1nc(-c2ccccc2)cc2c(O)c(C(=O)N/N=C/c3ccc(N(C)C)cc3)[nH]c(=O)c12. The lowest BCUT2D eigenvalue weighted by Crippen LogP contribution is -2.23. The Bertz CT molecular complexity index is 1450. The van der Waals surface area contributed by atoms with E-state index in [2.05, 4.69) is 20.5 Å². The lowest BCUT2D eigenvalue weighted by atomic mass is 10.1. The largest absolute Gasteiger partial charge is 0.505 e. The van der Waals surface area contributed by atoms with Crippen LogP contribution in [0.1, 0.15) is 23.0 Å². The number of aromatic nitrogens is 2. The Hall–Kier alpha value is -4.66. The number of fused-ring (bicyclic) bond motifs is 1. The van der Waals surface area contributed by atoms with E-state index in [1.807, 2.05) is 73.6 Å². The molecule has 2 heterocycles. The summed E-state index contributed by atoms with van der Waals surface area (Å²) in [5, 5.41) is 15.1. The molecule has 0 radical (unpaired) electrons. The van der Waals surface area contributed by atoms with Crippen LogP contribution in [0.15, 0.2) is 70.6 Å². The topological polar surface area (TPSA) is 120 Å². The third-order valence-corrected chi connectivity index (χ3v) is 5.31. The van der Waals surface area contributed by atoms with Gasteiger partial charge in [0.25, 0.3) is 11.5 Å². The van der Waals surface area contributed by atoms with Crippen LogP contribution in [0.4, 0.5) is 5.69 Å². The zero-order chi connectivity index (χ0) is 24.9. The van der Waals surface area contributed by atoms with Gasteiger partial charge in [-0.2, -0.15) is 5.10 Å². The van der Waals surface area contributed by atoms with Crippen molar-refractivity contribution in [2.24, 2.45) is 5.10 Å². The molecule has 0 unspecified atom stereocenters. The third kappa shape index (κ3) is 4.98. The van der Waals surface area contributed by atoms with E-state index >= 15 is 0 Å². The molecule has 3 N–H and O–H groups in total. The molecule has 4 aromatic rings. The van der Waals surface area contributed by atoms with Gasteiger partial charge in [-0.15, -0.1) is 0 Å². The molecule has 9 heteroatoms. The number of pyridine rings is 2. The maximum absolute atomic E-state index is 12.9. The minimum atomic E-state index is -0.765. The predicted molar refractivity (Wildman–Crippen MR) is 136 cm³/mol. The number of ether oxygens (including phenoxy) is 1. The fourth-order valence-electron chi connectivity index (χ4n) is 3.54. The number of carbonyl (C=O) groups excluding carboxylic acids is 1. The Labute approximate surface area is 201 Å². The minimum absolute atomic E-state index is 0.0602. The first kappa shape index (κ1) is 23.5. The molecule has 0 aliphatic rings. The molecule has 0 aliphatic carbocycles. The van der Waals surface area contributed by atoms with Gasteiger partial charge in [-0.25, -0.2) is 10.4 Å². The summed E-state index contributed by atoms with van der Waals surface area (Å²) in [6, 6.07) is 18.4. The van der Waals surface area contributed by atoms with Crippen molar-refractivity contribution in [3.8, 4) is 22.9 Å². The van der Waals surface area contributed by atoms with Crippen molar-refractivity contribution in [1.82, 2.24) is 15.4 Å². The van der Waals surface area contributed by atoms with Crippen molar-refractivity contribution in [1.29, 1.82) is 0 Å². The summed E-state index contributed by atoms with van der Waals surface area (Å²) < 4.78 is 5.59. The lowest BCUT2D eigenvalue weighted by Gasteiger charge is -2.12. The Balaban J connectivity index is 1.69. The van der Waals surface area contributed by atoms with E-state index in [9.17, 15) is 14.7 Å². The number of aromatic amines is 1. The summed E-state index contributed by atoms with van der Waals surface area (Å²) in [6.45, 7) is 2.04. The molecule has 178 valence electrons. The number of hydrazone groups is 1. The van der Waals surface area contributed by atoms with Gasteiger partial charge in [-0.3, -0.25) is 9.59 Å². The van der Waals surface area contributed by atoms with Crippen LogP contribution >= 0.6 is 0 Å². The molecule has 0 saturated heterocycles. The second-order valence-electron chi connectivity index (χ2n) is 7.90. The van der Waals surface area contributed by atoms with Crippen LogP contribution in [0.25, 0.3) is 22.0 Å². The average Bonchev–Trinajstić information content (AvgIpc) is 2.86. The van der Waals surface area contributed by atoms with Gasteiger partial charge >= 0.3 is 0 Å². The van der Waals surface area contributed by atoms with Crippen LogP contribution in [-0.4, -0.2) is 47.9 Å². The Morgan fingerprint density at radius 3 is 2.54 bits per heavy atom. The third-order valence-electron chi connectivity index (χ3n) is 5.31. The number of benzene rings is 2. The van der Waals surface area contributed by atoms with Crippen LogP contribution in [0, 0.1) is 0 Å². The lowest BCUT2D eigenvalue weighted by molar-refractivity contribution is 0.0947. The number of H-pyrrole nitrogens is 1. The first-order valence-electron chi connectivity index (χ1n) is 11.0. The van der Waals surface area contributed by atoms with Crippen molar-refractivity contribution >= 4 is 28.6 Å². The van der Waals surface area contributed by atoms with Crippen LogP contribution < -0.4 is 20.6 Å². The summed E-state index contributed by atoms with van der Waals surface area (Å²) >= 11 is 0. The van der Waals surface area contributed by atoms with Crippen LogP contribution in [-0.2, 0) is 0 Å². The number of hydrogen-bond donors (Lipinski definition) is 3. The predicted octanol–water partition coefficient (Wildman–Crippen LogP) is 3.52. The summed E-state index contributed by atoms with van der Waals surface area (Å²) in [6.07, 6.45) is 1.47. The quantitative estimate of drug-likeness (QED) is 0.280. The highest BCUT2D eigenvalue weighted by Gasteiger charge is 2.21. The van der Waals surface area contributed by atoms with Crippen LogP contribution in [0.5, 0.6) is 11.6 Å². The van der Waals surface area contributed by atoms with Crippen molar-refractivity contribution in [3.05, 3.63) is 82.3 Å². The van der Waals surface area contributed by atoms with E-state index in [0.29, 0.717) is 5.69 Å². The highest BCUT2D eigenvalue weighted by Crippen LogP contribution is 2.33. The van der Waals surface area contributed by atoms with E-state index < -0.39 is 17.2 Å². The molecular weight excluding hydrogens is 446 g/mol. The standard InChI is InChI=1S/C26H25N5O4/c1-4-35-26-21-19(14-20(28-26)17-8-6-5-7-9-17)23(32)22(29-24(21)33)25(34)30-27-15-16-10-12-18(13-11-16)31(2)3/h5-15,32H,4H2,1-3H3,(H,29,33)(H,30,34)/b27-15+. The van der Waals surface area contributed by atoms with Gasteiger partial charge in [0, 0.05) is 30.7 Å². The summed E-state index contributed by atoms with van der Waals surface area (Å²) in [5.41, 5.74) is 4.49. The molecule has 0 atom stereocenters. The molecule has 0 spiro atoms. The van der Waals surface area contributed by atoms with Crippen molar-refractivity contribution < 1.29 is 14.6 Å². The molecule has 1 amide bonds. The number of anilines is 1. The Morgan fingerprint density at radius 2 is 1.89 bits per heavy atom. The van der Waals surface area contributed by atoms with E-state index in [0.717, 1.165) is 16.8 Å². The van der Waals surface area contributed by atoms with Crippen molar-refractivity contribution in [2.45, 2.75) is 6.92 Å². The number of carbonyl (C=O) groups is 1. The molecule has 2 aromatic carbocycles. The summed E-state index contributed by atoms with van der Waals surface area (Å²) in [7, 11) is 3.88.